The zero-order valence-electron chi connectivity index (χ0n) is 16.3. The van der Waals surface area contributed by atoms with Gasteiger partial charge >= 0.3 is 0 Å². The Hall–Kier alpha value is -2.34. The minimum Gasteiger partial charge on any atom is -0.369 e. The highest BCUT2D eigenvalue weighted by Crippen LogP contribution is 2.26. The summed E-state index contributed by atoms with van der Waals surface area (Å²) in [6, 6.07) is 9.64. The highest BCUT2D eigenvalue weighted by atomic mass is 35.5. The van der Waals surface area contributed by atoms with E-state index in [4.69, 9.17) is 23.2 Å². The van der Waals surface area contributed by atoms with Crippen molar-refractivity contribution < 1.29 is 0 Å². The monoisotopic (exact) mass is 427 g/mol. The third-order valence-electron chi connectivity index (χ3n) is 5.20. The first-order valence-corrected chi connectivity index (χ1v) is 10.4. The fourth-order valence-electron chi connectivity index (χ4n) is 3.57. The third-order valence-corrected chi connectivity index (χ3v) is 5.64. The van der Waals surface area contributed by atoms with Crippen LogP contribution in [0.1, 0.15) is 11.3 Å². The number of hydrogen-bond donors (Lipinski definition) is 0. The molecule has 7 heteroatoms. The fourth-order valence-corrected chi connectivity index (χ4v) is 4.09. The van der Waals surface area contributed by atoms with Crippen LogP contribution in [-0.2, 0) is 0 Å². The van der Waals surface area contributed by atoms with Crippen molar-refractivity contribution in [2.45, 2.75) is 6.92 Å². The summed E-state index contributed by atoms with van der Waals surface area (Å²) >= 11 is 12.3. The summed E-state index contributed by atoms with van der Waals surface area (Å²) < 4.78 is 1.94. The van der Waals surface area contributed by atoms with E-state index in [0.717, 1.165) is 55.4 Å². The molecule has 0 saturated carbocycles. The first-order chi connectivity index (χ1) is 14.1. The Kier molecular flexibility index (Phi) is 6.19. The van der Waals surface area contributed by atoms with Gasteiger partial charge in [-0.25, -0.2) is 4.68 Å². The molecule has 3 aromatic rings. The van der Waals surface area contributed by atoms with Gasteiger partial charge in [0.05, 0.1) is 11.9 Å². The molecule has 1 aliphatic heterocycles. The van der Waals surface area contributed by atoms with Gasteiger partial charge in [-0.2, -0.15) is 5.10 Å². The SMILES string of the molecule is Cc1c(/C=C/CN2CCN(c3cc(Cl)cc(Cl)c3)CC2)cnn1-c1ccncc1. The Balaban J connectivity index is 1.33. The molecule has 1 fully saturated rings. The molecular weight excluding hydrogens is 405 g/mol. The van der Waals surface area contributed by atoms with Crippen molar-refractivity contribution in [2.24, 2.45) is 0 Å². The van der Waals surface area contributed by atoms with E-state index in [-0.39, 0.29) is 0 Å². The smallest absolute Gasteiger partial charge is 0.0679 e. The fraction of sp³-hybridized carbons (Fsp3) is 0.273. The molecule has 0 amide bonds. The molecule has 2 aromatic heterocycles. The molecule has 4 rings (SSSR count). The predicted octanol–water partition coefficient (Wildman–Crippen LogP) is 4.72. The third kappa shape index (κ3) is 4.81. The van der Waals surface area contributed by atoms with Crippen LogP contribution in [0, 0.1) is 6.92 Å². The first-order valence-electron chi connectivity index (χ1n) is 9.65. The Morgan fingerprint density at radius 2 is 1.66 bits per heavy atom. The van der Waals surface area contributed by atoms with E-state index in [0.29, 0.717) is 10.0 Å². The van der Waals surface area contributed by atoms with E-state index < -0.39 is 0 Å². The first kappa shape index (κ1) is 20.0. The summed E-state index contributed by atoms with van der Waals surface area (Å²) in [4.78, 5) is 8.85. The number of anilines is 1. The number of halogens is 2. The van der Waals surface area contributed by atoms with Crippen LogP contribution < -0.4 is 4.90 Å². The minimum atomic E-state index is 0.681. The lowest BCUT2D eigenvalue weighted by atomic mass is 10.2. The summed E-state index contributed by atoms with van der Waals surface area (Å²) in [5.74, 6) is 0. The van der Waals surface area contributed by atoms with Gasteiger partial charge in [-0.3, -0.25) is 9.88 Å². The van der Waals surface area contributed by atoms with Crippen LogP contribution >= 0.6 is 23.2 Å². The van der Waals surface area contributed by atoms with Gasteiger partial charge in [-0.1, -0.05) is 35.4 Å². The van der Waals surface area contributed by atoms with Crippen LogP contribution in [-0.4, -0.2) is 52.4 Å². The zero-order valence-corrected chi connectivity index (χ0v) is 17.8. The number of aromatic nitrogens is 3. The van der Waals surface area contributed by atoms with Gasteiger partial charge < -0.3 is 4.90 Å². The molecular formula is C22H23Cl2N5. The standard InChI is InChI=1S/C22H23Cl2N5/c1-17-18(16-26-29(17)21-4-6-25-7-5-21)3-2-8-27-9-11-28(12-10-27)22-14-19(23)13-20(24)15-22/h2-7,13-16H,8-12H2,1H3/b3-2+. The number of benzene rings is 1. The van der Waals surface area contributed by atoms with Gasteiger partial charge in [0.15, 0.2) is 0 Å². The average molecular weight is 428 g/mol. The van der Waals surface area contributed by atoms with Gasteiger partial charge in [0.2, 0.25) is 0 Å². The molecule has 0 N–H and O–H groups in total. The van der Waals surface area contributed by atoms with E-state index in [2.05, 4.69) is 39.0 Å². The Morgan fingerprint density at radius 3 is 2.34 bits per heavy atom. The average Bonchev–Trinajstić information content (AvgIpc) is 3.09. The Morgan fingerprint density at radius 1 is 0.966 bits per heavy atom. The molecule has 0 aliphatic carbocycles. The summed E-state index contributed by atoms with van der Waals surface area (Å²) in [5.41, 5.74) is 4.37. The number of hydrogen-bond acceptors (Lipinski definition) is 4. The van der Waals surface area contributed by atoms with Crippen molar-refractivity contribution in [3.63, 3.8) is 0 Å². The summed E-state index contributed by atoms with van der Waals surface area (Å²) in [6.45, 7) is 6.94. The molecule has 0 unspecified atom stereocenters. The zero-order chi connectivity index (χ0) is 20.2. The van der Waals surface area contributed by atoms with Crippen LogP contribution in [0.3, 0.4) is 0 Å². The quantitative estimate of drug-likeness (QED) is 0.590. The van der Waals surface area contributed by atoms with Gasteiger partial charge in [0.25, 0.3) is 0 Å². The minimum absolute atomic E-state index is 0.681. The van der Waals surface area contributed by atoms with Gasteiger partial charge in [0, 0.05) is 72.1 Å². The number of pyridine rings is 1. The van der Waals surface area contributed by atoms with Crippen molar-refractivity contribution in [2.75, 3.05) is 37.6 Å². The van der Waals surface area contributed by atoms with Crippen molar-refractivity contribution in [1.29, 1.82) is 0 Å². The van der Waals surface area contributed by atoms with Gasteiger partial charge in [0.1, 0.15) is 0 Å². The number of rotatable bonds is 5. The molecule has 0 spiro atoms. The summed E-state index contributed by atoms with van der Waals surface area (Å²) in [5, 5.41) is 5.87. The van der Waals surface area contributed by atoms with E-state index in [9.17, 15) is 0 Å². The lowest BCUT2D eigenvalue weighted by Crippen LogP contribution is -2.46. The van der Waals surface area contributed by atoms with Crippen molar-refractivity contribution in [1.82, 2.24) is 19.7 Å². The molecule has 1 saturated heterocycles. The molecule has 3 heterocycles. The van der Waals surface area contributed by atoms with Gasteiger partial charge in [-0.05, 0) is 37.3 Å². The molecule has 5 nitrogen and oxygen atoms in total. The van der Waals surface area contributed by atoms with Crippen molar-refractivity contribution in [3.05, 3.63) is 76.3 Å². The highest BCUT2D eigenvalue weighted by molar-refractivity contribution is 6.35. The van der Waals surface area contributed by atoms with Crippen LogP contribution in [0.5, 0.6) is 0 Å². The number of piperazine rings is 1. The summed E-state index contributed by atoms with van der Waals surface area (Å²) in [7, 11) is 0. The van der Waals surface area contributed by atoms with E-state index in [1.165, 1.54) is 0 Å². The molecule has 29 heavy (non-hydrogen) atoms. The second-order valence-electron chi connectivity index (χ2n) is 7.12. The van der Waals surface area contributed by atoms with Crippen LogP contribution in [0.4, 0.5) is 5.69 Å². The second kappa shape index (κ2) is 8.99. The van der Waals surface area contributed by atoms with Gasteiger partial charge in [-0.15, -0.1) is 0 Å². The van der Waals surface area contributed by atoms with E-state index in [1.54, 1.807) is 18.5 Å². The predicted molar refractivity (Wildman–Crippen MR) is 120 cm³/mol. The normalized spacial score (nSPS) is 15.3. The lowest BCUT2D eigenvalue weighted by Gasteiger charge is -2.35. The molecule has 1 aromatic carbocycles. The summed E-state index contributed by atoms with van der Waals surface area (Å²) in [6.07, 6.45) is 9.84. The van der Waals surface area contributed by atoms with E-state index >= 15 is 0 Å². The van der Waals surface area contributed by atoms with Crippen LogP contribution in [0.25, 0.3) is 11.8 Å². The molecule has 0 bridgehead atoms. The van der Waals surface area contributed by atoms with Crippen molar-refractivity contribution >= 4 is 35.0 Å². The highest BCUT2D eigenvalue weighted by Gasteiger charge is 2.17. The maximum Gasteiger partial charge on any atom is 0.0679 e. The Labute approximate surface area is 181 Å². The number of nitrogens with zero attached hydrogens (tertiary/aromatic N) is 5. The second-order valence-corrected chi connectivity index (χ2v) is 7.99. The topological polar surface area (TPSA) is 37.2 Å². The maximum absolute atomic E-state index is 6.14. The maximum atomic E-state index is 6.14. The molecule has 0 radical (unpaired) electrons. The van der Waals surface area contributed by atoms with Crippen LogP contribution in [0.15, 0.2) is 55.0 Å². The lowest BCUT2D eigenvalue weighted by molar-refractivity contribution is 0.284. The largest absolute Gasteiger partial charge is 0.369 e. The molecule has 1 aliphatic rings. The molecule has 0 atom stereocenters. The Bertz CT molecular complexity index is 971. The van der Waals surface area contributed by atoms with E-state index in [1.807, 2.05) is 35.1 Å². The van der Waals surface area contributed by atoms with Crippen LogP contribution in [0.2, 0.25) is 10.0 Å². The van der Waals surface area contributed by atoms with Crippen molar-refractivity contribution in [3.8, 4) is 5.69 Å². The molecule has 150 valence electrons.